The lowest BCUT2D eigenvalue weighted by atomic mass is 10.1. The number of nitrogens with two attached hydrogens (primary N) is 1. The van der Waals surface area contributed by atoms with E-state index < -0.39 is 0 Å². The minimum Gasteiger partial charge on any atom is -0.457 e. The molecule has 0 bridgehead atoms. The molecule has 2 nitrogen and oxygen atoms in total. The summed E-state index contributed by atoms with van der Waals surface area (Å²) in [5.74, 6) is 1.69. The van der Waals surface area contributed by atoms with Crippen LogP contribution in [0.2, 0.25) is 0 Å². The highest BCUT2D eigenvalue weighted by Crippen LogP contribution is 2.32. The number of halogens is 1. The fourth-order valence-corrected chi connectivity index (χ4v) is 2.92. The van der Waals surface area contributed by atoms with E-state index in [0.717, 1.165) is 27.8 Å². The Morgan fingerprint density at radius 1 is 0.952 bits per heavy atom. The zero-order valence-corrected chi connectivity index (χ0v) is 13.1. The summed E-state index contributed by atoms with van der Waals surface area (Å²) in [6.07, 6.45) is 0.856. The van der Waals surface area contributed by atoms with Gasteiger partial charge in [0, 0.05) is 9.86 Å². The molecule has 21 heavy (non-hydrogen) atoms. The second kappa shape index (κ2) is 6.29. The maximum atomic E-state index is 6.04. The normalized spacial score (nSPS) is 10.8. The molecule has 0 aliphatic heterocycles. The Balaban J connectivity index is 1.93. The highest BCUT2D eigenvalue weighted by Gasteiger charge is 2.05. The quantitative estimate of drug-likeness (QED) is 0.732. The SMILES string of the molecule is NCCc1ccc(Oc2cccc3ccccc23)cc1Br. The average Bonchev–Trinajstić information content (AvgIpc) is 2.51. The van der Waals surface area contributed by atoms with Gasteiger partial charge in [0.25, 0.3) is 0 Å². The third-order valence-electron chi connectivity index (χ3n) is 3.42. The zero-order chi connectivity index (χ0) is 14.7. The van der Waals surface area contributed by atoms with Gasteiger partial charge in [-0.2, -0.15) is 0 Å². The van der Waals surface area contributed by atoms with Crippen LogP contribution in [-0.2, 0) is 6.42 Å². The molecule has 0 fully saturated rings. The van der Waals surface area contributed by atoms with Crippen LogP contribution >= 0.6 is 15.9 Å². The molecule has 3 aromatic rings. The van der Waals surface area contributed by atoms with Gasteiger partial charge in [-0.25, -0.2) is 0 Å². The molecule has 2 N–H and O–H groups in total. The van der Waals surface area contributed by atoms with Crippen LogP contribution in [0.4, 0.5) is 0 Å². The van der Waals surface area contributed by atoms with Crippen LogP contribution in [0, 0.1) is 0 Å². The number of ether oxygens (including phenoxy) is 1. The standard InChI is InChI=1S/C18H16BrNO/c19-17-12-15(9-8-14(17)10-11-20)21-18-7-3-5-13-4-1-2-6-16(13)18/h1-9,12H,10-11,20H2. The minimum atomic E-state index is 0.641. The first-order chi connectivity index (χ1) is 10.3. The van der Waals surface area contributed by atoms with Gasteiger partial charge in [0.1, 0.15) is 11.5 Å². The van der Waals surface area contributed by atoms with E-state index in [4.69, 9.17) is 10.5 Å². The zero-order valence-electron chi connectivity index (χ0n) is 11.6. The van der Waals surface area contributed by atoms with Crippen LogP contribution in [0.5, 0.6) is 11.5 Å². The van der Waals surface area contributed by atoms with Crippen molar-refractivity contribution < 1.29 is 4.74 Å². The largest absolute Gasteiger partial charge is 0.457 e. The van der Waals surface area contributed by atoms with Crippen molar-refractivity contribution in [1.82, 2.24) is 0 Å². The van der Waals surface area contributed by atoms with E-state index in [1.165, 1.54) is 10.9 Å². The summed E-state index contributed by atoms with van der Waals surface area (Å²) < 4.78 is 7.08. The molecule has 3 aromatic carbocycles. The van der Waals surface area contributed by atoms with Gasteiger partial charge in [0.2, 0.25) is 0 Å². The first kappa shape index (κ1) is 14.1. The molecule has 0 radical (unpaired) electrons. The molecule has 0 saturated carbocycles. The third kappa shape index (κ3) is 3.09. The number of rotatable bonds is 4. The molecule has 0 spiro atoms. The van der Waals surface area contributed by atoms with Gasteiger partial charge in [0.05, 0.1) is 0 Å². The monoisotopic (exact) mass is 341 g/mol. The van der Waals surface area contributed by atoms with Gasteiger partial charge in [-0.15, -0.1) is 0 Å². The molecular weight excluding hydrogens is 326 g/mol. The Morgan fingerprint density at radius 3 is 2.57 bits per heavy atom. The smallest absolute Gasteiger partial charge is 0.135 e. The third-order valence-corrected chi connectivity index (χ3v) is 4.15. The Labute approximate surface area is 132 Å². The maximum Gasteiger partial charge on any atom is 0.135 e. The summed E-state index contributed by atoms with van der Waals surface area (Å²) >= 11 is 3.58. The molecule has 0 aliphatic rings. The van der Waals surface area contributed by atoms with Crippen LogP contribution in [0.15, 0.2) is 65.1 Å². The molecule has 3 rings (SSSR count). The molecule has 0 aromatic heterocycles. The first-order valence-corrected chi connectivity index (χ1v) is 7.71. The van der Waals surface area contributed by atoms with Crippen molar-refractivity contribution in [2.75, 3.05) is 6.54 Å². The van der Waals surface area contributed by atoms with Gasteiger partial charge in [-0.3, -0.25) is 0 Å². The van der Waals surface area contributed by atoms with Crippen molar-refractivity contribution in [2.45, 2.75) is 6.42 Å². The van der Waals surface area contributed by atoms with Crippen LogP contribution in [0.25, 0.3) is 10.8 Å². The second-order valence-corrected chi connectivity index (χ2v) is 5.73. The molecule has 0 aliphatic carbocycles. The summed E-state index contributed by atoms with van der Waals surface area (Å²) in [6, 6.07) is 20.3. The molecule has 106 valence electrons. The molecule has 0 unspecified atom stereocenters. The fraction of sp³-hybridized carbons (Fsp3) is 0.111. The van der Waals surface area contributed by atoms with Crippen LogP contribution in [0.1, 0.15) is 5.56 Å². The van der Waals surface area contributed by atoms with Crippen molar-refractivity contribution in [3.8, 4) is 11.5 Å². The van der Waals surface area contributed by atoms with E-state index in [2.05, 4.69) is 40.2 Å². The number of hydrogen-bond acceptors (Lipinski definition) is 2. The molecule has 0 amide bonds. The highest BCUT2D eigenvalue weighted by molar-refractivity contribution is 9.10. The average molecular weight is 342 g/mol. The summed E-state index contributed by atoms with van der Waals surface area (Å²) in [4.78, 5) is 0. The molecule has 0 saturated heterocycles. The molecule has 0 heterocycles. The topological polar surface area (TPSA) is 35.2 Å². The number of hydrogen-bond donors (Lipinski definition) is 1. The lowest BCUT2D eigenvalue weighted by molar-refractivity contribution is 0.487. The minimum absolute atomic E-state index is 0.641. The Kier molecular flexibility index (Phi) is 4.23. The predicted molar refractivity (Wildman–Crippen MR) is 90.9 cm³/mol. The van der Waals surface area contributed by atoms with E-state index in [9.17, 15) is 0 Å². The lowest BCUT2D eigenvalue weighted by Gasteiger charge is -2.11. The van der Waals surface area contributed by atoms with Gasteiger partial charge >= 0.3 is 0 Å². The van der Waals surface area contributed by atoms with Gasteiger partial charge in [-0.05, 0) is 42.1 Å². The summed E-state index contributed by atoms with van der Waals surface area (Å²) in [7, 11) is 0. The molecule has 3 heteroatoms. The van der Waals surface area contributed by atoms with Crippen molar-refractivity contribution >= 4 is 26.7 Å². The molecule has 0 atom stereocenters. The van der Waals surface area contributed by atoms with Crippen molar-refractivity contribution in [1.29, 1.82) is 0 Å². The second-order valence-electron chi connectivity index (χ2n) is 4.87. The Bertz CT molecular complexity index is 765. The lowest BCUT2D eigenvalue weighted by Crippen LogP contribution is -2.03. The van der Waals surface area contributed by atoms with E-state index in [-0.39, 0.29) is 0 Å². The maximum absolute atomic E-state index is 6.04. The summed E-state index contributed by atoms with van der Waals surface area (Å²) in [5.41, 5.74) is 6.80. The molecular formula is C18H16BrNO. The first-order valence-electron chi connectivity index (χ1n) is 6.92. The van der Waals surface area contributed by atoms with Gasteiger partial charge in [-0.1, -0.05) is 58.4 Å². The van der Waals surface area contributed by atoms with Gasteiger partial charge < -0.3 is 10.5 Å². The van der Waals surface area contributed by atoms with E-state index >= 15 is 0 Å². The predicted octanol–water partition coefficient (Wildman–Crippen LogP) is 4.90. The van der Waals surface area contributed by atoms with Crippen molar-refractivity contribution in [2.24, 2.45) is 5.73 Å². The van der Waals surface area contributed by atoms with E-state index in [1.54, 1.807) is 0 Å². The van der Waals surface area contributed by atoms with Crippen LogP contribution in [-0.4, -0.2) is 6.54 Å². The number of fused-ring (bicyclic) bond motifs is 1. The van der Waals surface area contributed by atoms with Crippen molar-refractivity contribution in [3.63, 3.8) is 0 Å². The summed E-state index contributed by atoms with van der Waals surface area (Å²) in [6.45, 7) is 0.641. The van der Waals surface area contributed by atoms with E-state index in [1.807, 2.05) is 36.4 Å². The highest BCUT2D eigenvalue weighted by atomic mass is 79.9. The fourth-order valence-electron chi connectivity index (χ4n) is 2.36. The Hall–Kier alpha value is -1.84. The number of benzene rings is 3. The van der Waals surface area contributed by atoms with Crippen LogP contribution < -0.4 is 10.5 Å². The van der Waals surface area contributed by atoms with Crippen molar-refractivity contribution in [3.05, 3.63) is 70.7 Å². The van der Waals surface area contributed by atoms with Gasteiger partial charge in [0.15, 0.2) is 0 Å². The summed E-state index contributed by atoms with van der Waals surface area (Å²) in [5, 5.41) is 2.29. The van der Waals surface area contributed by atoms with Crippen LogP contribution in [0.3, 0.4) is 0 Å². The van der Waals surface area contributed by atoms with E-state index in [0.29, 0.717) is 6.54 Å². The Morgan fingerprint density at radius 2 is 1.76 bits per heavy atom.